The van der Waals surface area contributed by atoms with Gasteiger partial charge in [-0.15, -0.1) is 0 Å². The maximum Gasteiger partial charge on any atom is 0.184 e. The monoisotopic (exact) mass is 518 g/mol. The number of carbonyl (C=O) groups is 3. The first-order valence-electron chi connectivity index (χ1n) is 13.7. The highest BCUT2D eigenvalue weighted by Gasteiger charge is 2.77. The average molecular weight is 519 g/mol. The van der Waals surface area contributed by atoms with E-state index in [1.165, 1.54) is 0 Å². The average Bonchev–Trinajstić information content (AvgIpc) is 3.22. The molecule has 1 spiro atoms. The number of benzene rings is 1. The van der Waals surface area contributed by atoms with Crippen LogP contribution in [-0.4, -0.2) is 34.2 Å². The van der Waals surface area contributed by atoms with E-state index in [-0.39, 0.29) is 24.5 Å². The highest BCUT2D eigenvalue weighted by Crippen LogP contribution is 2.68. The van der Waals surface area contributed by atoms with E-state index in [1.54, 1.807) is 38.1 Å². The second-order valence-electron chi connectivity index (χ2n) is 13.1. The molecule has 2 aliphatic carbocycles. The van der Waals surface area contributed by atoms with E-state index in [1.807, 2.05) is 53.7 Å². The minimum Gasteiger partial charge on any atom is -0.490 e. The van der Waals surface area contributed by atoms with Gasteiger partial charge in [-0.2, -0.15) is 0 Å². The summed E-state index contributed by atoms with van der Waals surface area (Å²) in [6.07, 6.45) is 5.07. The molecule has 1 aliphatic heterocycles. The van der Waals surface area contributed by atoms with E-state index in [0.717, 1.165) is 11.1 Å². The van der Waals surface area contributed by atoms with Gasteiger partial charge >= 0.3 is 0 Å². The van der Waals surface area contributed by atoms with Crippen molar-refractivity contribution in [1.82, 2.24) is 0 Å². The van der Waals surface area contributed by atoms with Crippen molar-refractivity contribution in [2.45, 2.75) is 92.8 Å². The summed E-state index contributed by atoms with van der Waals surface area (Å²) in [6.45, 7) is 15.2. The fraction of sp³-hybridized carbons (Fsp3) is 0.545. The van der Waals surface area contributed by atoms with Gasteiger partial charge in [0.1, 0.15) is 11.9 Å². The molecule has 0 unspecified atom stereocenters. The van der Waals surface area contributed by atoms with Gasteiger partial charge in [0.2, 0.25) is 0 Å². The van der Waals surface area contributed by atoms with Crippen molar-refractivity contribution in [2.75, 3.05) is 0 Å². The van der Waals surface area contributed by atoms with Gasteiger partial charge in [0.25, 0.3) is 0 Å². The van der Waals surface area contributed by atoms with Crippen LogP contribution in [0.15, 0.2) is 65.0 Å². The minimum atomic E-state index is -1.88. The number of rotatable bonds is 7. The minimum absolute atomic E-state index is 0.129. The Morgan fingerprint density at radius 1 is 1.03 bits per heavy atom. The van der Waals surface area contributed by atoms with E-state index in [0.29, 0.717) is 29.7 Å². The molecule has 0 radical (unpaired) electrons. The van der Waals surface area contributed by atoms with Gasteiger partial charge in [-0.3, -0.25) is 14.4 Å². The summed E-state index contributed by atoms with van der Waals surface area (Å²) in [6, 6.07) is 8.74. The van der Waals surface area contributed by atoms with Gasteiger partial charge in [-0.05, 0) is 72.1 Å². The van der Waals surface area contributed by atoms with Crippen LogP contribution in [-0.2, 0) is 14.3 Å². The van der Waals surface area contributed by atoms with Crippen LogP contribution in [0, 0.1) is 22.2 Å². The lowest BCUT2D eigenvalue weighted by atomic mass is 9.39. The Balaban J connectivity index is 2.07. The molecule has 1 heterocycles. The number of ketones is 3. The Morgan fingerprint density at radius 2 is 1.63 bits per heavy atom. The van der Waals surface area contributed by atoms with E-state index in [2.05, 4.69) is 6.08 Å². The molecule has 5 heteroatoms. The molecular weight excluding hydrogens is 476 g/mol. The first-order chi connectivity index (χ1) is 17.6. The Kier molecular flexibility index (Phi) is 7.01. The lowest BCUT2D eigenvalue weighted by Crippen LogP contribution is -2.69. The predicted octanol–water partition coefficient (Wildman–Crippen LogP) is 6.57. The van der Waals surface area contributed by atoms with Crippen molar-refractivity contribution in [2.24, 2.45) is 22.2 Å². The maximum atomic E-state index is 14.9. The molecule has 0 amide bonds. The van der Waals surface area contributed by atoms with Crippen molar-refractivity contribution in [3.63, 3.8) is 0 Å². The zero-order valence-electron chi connectivity index (χ0n) is 24.1. The molecule has 2 bridgehead atoms. The highest BCUT2D eigenvalue weighted by atomic mass is 16.5. The van der Waals surface area contributed by atoms with Gasteiger partial charge in [-0.1, -0.05) is 67.5 Å². The quantitative estimate of drug-likeness (QED) is 0.251. The molecule has 4 atom stereocenters. The predicted molar refractivity (Wildman–Crippen MR) is 148 cm³/mol. The summed E-state index contributed by atoms with van der Waals surface area (Å²) in [4.78, 5) is 44.4. The fourth-order valence-corrected chi connectivity index (χ4v) is 6.84. The summed E-state index contributed by atoms with van der Waals surface area (Å²) in [5.74, 6) is -0.977. The molecule has 4 rings (SSSR count). The van der Waals surface area contributed by atoms with Crippen LogP contribution in [0.25, 0.3) is 0 Å². The van der Waals surface area contributed by atoms with Crippen LogP contribution in [0.1, 0.15) is 91.4 Å². The van der Waals surface area contributed by atoms with E-state index in [4.69, 9.17) is 4.74 Å². The Morgan fingerprint density at radius 3 is 2.18 bits per heavy atom. The number of carbonyl (C=O) groups excluding carboxylic acids is 3. The zero-order valence-corrected chi connectivity index (χ0v) is 24.1. The highest BCUT2D eigenvalue weighted by molar-refractivity contribution is 6.36. The van der Waals surface area contributed by atoms with Gasteiger partial charge in [0.05, 0.1) is 11.0 Å². The Hall–Kier alpha value is -2.79. The summed E-state index contributed by atoms with van der Waals surface area (Å²) in [7, 11) is 0. The smallest absolute Gasteiger partial charge is 0.184 e. The third-order valence-electron chi connectivity index (χ3n) is 9.16. The summed E-state index contributed by atoms with van der Waals surface area (Å²) in [5.41, 5.74) is -2.24. The number of allylic oxidation sites excluding steroid dienone is 6. The van der Waals surface area contributed by atoms with Crippen LogP contribution in [0.5, 0.6) is 0 Å². The molecule has 1 saturated heterocycles. The third-order valence-corrected chi connectivity index (χ3v) is 9.16. The zero-order chi connectivity index (χ0) is 28.3. The second kappa shape index (κ2) is 9.44. The topological polar surface area (TPSA) is 80.7 Å². The van der Waals surface area contributed by atoms with Crippen molar-refractivity contribution in [1.29, 1.82) is 0 Å². The fourth-order valence-electron chi connectivity index (χ4n) is 6.84. The third kappa shape index (κ3) is 4.05. The van der Waals surface area contributed by atoms with Crippen molar-refractivity contribution >= 4 is 17.3 Å². The largest absolute Gasteiger partial charge is 0.490 e. The molecule has 1 saturated carbocycles. The number of hydrogen-bond donors (Lipinski definition) is 1. The van der Waals surface area contributed by atoms with Crippen LogP contribution in [0.2, 0.25) is 0 Å². The second-order valence-corrected chi connectivity index (χ2v) is 13.1. The summed E-state index contributed by atoms with van der Waals surface area (Å²) in [5, 5.41) is 11.0. The first-order valence-corrected chi connectivity index (χ1v) is 13.7. The van der Waals surface area contributed by atoms with Crippen LogP contribution in [0.3, 0.4) is 0 Å². The Bertz CT molecular complexity index is 1250. The van der Waals surface area contributed by atoms with Crippen molar-refractivity contribution in [3.05, 3.63) is 70.5 Å². The number of aliphatic hydroxyl groups is 1. The lowest BCUT2D eigenvalue weighted by molar-refractivity contribution is -0.162. The molecule has 204 valence electrons. The molecule has 38 heavy (non-hydrogen) atoms. The maximum absolute atomic E-state index is 14.9. The molecule has 1 N–H and O–H groups in total. The van der Waals surface area contributed by atoms with E-state index < -0.39 is 39.5 Å². The first kappa shape index (κ1) is 28.2. The van der Waals surface area contributed by atoms with Crippen molar-refractivity contribution < 1.29 is 24.2 Å². The molecule has 0 aromatic heterocycles. The van der Waals surface area contributed by atoms with Gasteiger partial charge in [0, 0.05) is 17.6 Å². The number of fused-ring (bicyclic) bond motifs is 1. The number of hydrogen-bond acceptors (Lipinski definition) is 5. The molecular formula is C33H42O5. The normalized spacial score (nSPS) is 29.9. The molecule has 1 aromatic rings. The van der Waals surface area contributed by atoms with Crippen LogP contribution in [0.4, 0.5) is 0 Å². The SMILES string of the molecule is CC(C)=CCC1=C2O[C@H](C(C)(C)O)C[C@@]23C[C@@H](CC=C(C)C)C(C)(C)[C@@](C(=O)c2ccccc2)(C1=O)C3=O. The van der Waals surface area contributed by atoms with Gasteiger partial charge in [0.15, 0.2) is 22.8 Å². The number of ether oxygens (including phenoxy) is 1. The Labute approximate surface area is 227 Å². The van der Waals surface area contributed by atoms with Gasteiger partial charge < -0.3 is 9.84 Å². The van der Waals surface area contributed by atoms with Gasteiger partial charge in [-0.25, -0.2) is 0 Å². The standard InChI is InChI=1S/C33H42O5/c1-20(2)14-16-23-18-32-19-25(31(7,8)37)38-28(32)24(17-15-21(3)4)27(35)33(29(32)36,30(23,5)6)26(34)22-12-10-9-11-13-22/h9-15,23,25,37H,16-19H2,1-8H3/t23-,25+,32+,33+/m1/s1. The molecule has 1 aromatic carbocycles. The summed E-state index contributed by atoms with van der Waals surface area (Å²) >= 11 is 0. The number of Topliss-reactive ketones (excluding diaryl/α,β-unsaturated/α-hetero) is 3. The van der Waals surface area contributed by atoms with Crippen LogP contribution < -0.4 is 0 Å². The molecule has 2 fully saturated rings. The van der Waals surface area contributed by atoms with E-state index >= 15 is 0 Å². The molecule has 3 aliphatic rings. The van der Waals surface area contributed by atoms with Crippen LogP contribution >= 0.6 is 0 Å². The summed E-state index contributed by atoms with van der Waals surface area (Å²) < 4.78 is 6.40. The lowest BCUT2D eigenvalue weighted by Gasteiger charge is -2.58. The van der Waals surface area contributed by atoms with Crippen molar-refractivity contribution in [3.8, 4) is 0 Å². The molecule has 5 nitrogen and oxygen atoms in total. The van der Waals surface area contributed by atoms with E-state index in [9.17, 15) is 19.5 Å².